The maximum Gasteiger partial charge on any atom is 0.221 e. The van der Waals surface area contributed by atoms with Gasteiger partial charge >= 0.3 is 0 Å². The molecule has 134 valence electrons. The quantitative estimate of drug-likeness (QED) is 0.656. The fourth-order valence-electron chi connectivity index (χ4n) is 2.98. The van der Waals surface area contributed by atoms with Crippen molar-refractivity contribution in [3.63, 3.8) is 0 Å². The first kappa shape index (κ1) is 17.4. The van der Waals surface area contributed by atoms with Crippen LogP contribution in [-0.2, 0) is 0 Å². The number of methoxy groups -OCH3 is 1. The predicted molar refractivity (Wildman–Crippen MR) is 101 cm³/mol. The summed E-state index contributed by atoms with van der Waals surface area (Å²) >= 11 is 0. The average Bonchev–Trinajstić information content (AvgIpc) is 2.66. The van der Waals surface area contributed by atoms with Crippen molar-refractivity contribution in [2.45, 2.75) is 6.42 Å². The van der Waals surface area contributed by atoms with Crippen LogP contribution in [0.5, 0.6) is 5.75 Å². The number of aromatic nitrogens is 2. The Labute approximate surface area is 148 Å². The molecule has 2 heterocycles. The third-order valence-electron chi connectivity index (χ3n) is 4.34. The molecular formula is C18H26N6O. The van der Waals surface area contributed by atoms with E-state index < -0.39 is 0 Å². The molecule has 3 rings (SSSR count). The molecule has 1 aliphatic heterocycles. The topological polar surface area (TPSA) is 88.3 Å². The van der Waals surface area contributed by atoms with Crippen LogP contribution in [0.15, 0.2) is 30.5 Å². The Bertz CT molecular complexity index is 687. The van der Waals surface area contributed by atoms with Crippen LogP contribution in [0, 0.1) is 0 Å². The number of hydrogen-bond acceptors (Lipinski definition) is 7. The van der Waals surface area contributed by atoms with E-state index in [2.05, 4.69) is 25.5 Å². The van der Waals surface area contributed by atoms with Gasteiger partial charge in [0.2, 0.25) is 5.95 Å². The number of hydrogen-bond donors (Lipinski definition) is 3. The van der Waals surface area contributed by atoms with Crippen molar-refractivity contribution in [3.05, 3.63) is 30.5 Å². The van der Waals surface area contributed by atoms with Gasteiger partial charge in [-0.25, -0.2) is 4.98 Å². The highest BCUT2D eigenvalue weighted by molar-refractivity contribution is 5.75. The van der Waals surface area contributed by atoms with Gasteiger partial charge in [0.1, 0.15) is 11.6 Å². The third kappa shape index (κ3) is 4.80. The number of rotatable bonds is 7. The molecular weight excluding hydrogens is 316 g/mol. The summed E-state index contributed by atoms with van der Waals surface area (Å²) in [6.45, 7) is 6.33. The summed E-state index contributed by atoms with van der Waals surface area (Å²) in [7, 11) is 1.66. The Morgan fingerprint density at radius 2 is 2.16 bits per heavy atom. The van der Waals surface area contributed by atoms with Crippen LogP contribution in [0.4, 0.5) is 11.8 Å². The number of nitrogens with zero attached hydrogens (tertiary/aromatic N) is 3. The number of piperazine rings is 1. The SMILES string of the molecule is COc1cccc(-c2cnc(N)nc2NCCCN2CCNCC2)c1. The van der Waals surface area contributed by atoms with E-state index in [1.165, 1.54) is 0 Å². The van der Waals surface area contributed by atoms with E-state index in [1.54, 1.807) is 13.3 Å². The van der Waals surface area contributed by atoms with Crippen LogP contribution in [0.1, 0.15) is 6.42 Å². The molecule has 0 unspecified atom stereocenters. The van der Waals surface area contributed by atoms with E-state index >= 15 is 0 Å². The zero-order chi connectivity index (χ0) is 17.5. The van der Waals surface area contributed by atoms with Crippen LogP contribution >= 0.6 is 0 Å². The van der Waals surface area contributed by atoms with E-state index in [4.69, 9.17) is 10.5 Å². The molecule has 0 amide bonds. The third-order valence-corrected chi connectivity index (χ3v) is 4.34. The monoisotopic (exact) mass is 342 g/mol. The van der Waals surface area contributed by atoms with E-state index in [-0.39, 0.29) is 5.95 Å². The largest absolute Gasteiger partial charge is 0.497 e. The molecule has 1 fully saturated rings. The summed E-state index contributed by atoms with van der Waals surface area (Å²) in [5, 5.41) is 6.79. The van der Waals surface area contributed by atoms with Crippen molar-refractivity contribution in [2.24, 2.45) is 0 Å². The summed E-state index contributed by atoms with van der Waals surface area (Å²) in [4.78, 5) is 11.0. The lowest BCUT2D eigenvalue weighted by Gasteiger charge is -2.27. The van der Waals surface area contributed by atoms with Crippen LogP contribution in [0.25, 0.3) is 11.1 Å². The molecule has 1 aromatic carbocycles. The van der Waals surface area contributed by atoms with Gasteiger partial charge in [-0.2, -0.15) is 4.98 Å². The van der Waals surface area contributed by atoms with Crippen molar-refractivity contribution >= 4 is 11.8 Å². The second kappa shape index (κ2) is 8.64. The zero-order valence-corrected chi connectivity index (χ0v) is 14.7. The molecule has 0 atom stereocenters. The van der Waals surface area contributed by atoms with Crippen LogP contribution in [0.3, 0.4) is 0 Å². The Hall–Kier alpha value is -2.38. The molecule has 7 nitrogen and oxygen atoms in total. The van der Waals surface area contributed by atoms with Crippen molar-refractivity contribution in [1.29, 1.82) is 0 Å². The predicted octanol–water partition coefficient (Wildman–Crippen LogP) is 1.44. The first-order valence-corrected chi connectivity index (χ1v) is 8.70. The van der Waals surface area contributed by atoms with Gasteiger partial charge in [0.25, 0.3) is 0 Å². The first-order chi connectivity index (χ1) is 12.3. The van der Waals surface area contributed by atoms with Gasteiger partial charge in [-0.1, -0.05) is 12.1 Å². The molecule has 0 spiro atoms. The van der Waals surface area contributed by atoms with Crippen molar-refractivity contribution in [1.82, 2.24) is 20.2 Å². The summed E-state index contributed by atoms with van der Waals surface area (Å²) in [5.41, 5.74) is 7.71. The van der Waals surface area contributed by atoms with Gasteiger partial charge in [-0.05, 0) is 30.7 Å². The van der Waals surface area contributed by atoms with Crippen molar-refractivity contribution < 1.29 is 4.74 Å². The van der Waals surface area contributed by atoms with Crippen LogP contribution < -0.4 is 21.1 Å². The highest BCUT2D eigenvalue weighted by atomic mass is 16.5. The lowest BCUT2D eigenvalue weighted by atomic mass is 10.1. The maximum atomic E-state index is 5.78. The molecule has 2 aromatic rings. The molecule has 0 bridgehead atoms. The van der Waals surface area contributed by atoms with E-state index in [9.17, 15) is 0 Å². The maximum absolute atomic E-state index is 5.78. The standard InChI is InChI=1S/C18H26N6O/c1-25-15-5-2-4-14(12-15)16-13-22-18(19)23-17(16)21-6-3-9-24-10-7-20-8-11-24/h2,4-5,12-13,20H,3,6-11H2,1H3,(H3,19,21,22,23). The molecule has 4 N–H and O–H groups in total. The lowest BCUT2D eigenvalue weighted by Crippen LogP contribution is -2.44. The van der Waals surface area contributed by atoms with Crippen molar-refractivity contribution in [2.75, 3.05) is 57.4 Å². The lowest BCUT2D eigenvalue weighted by molar-refractivity contribution is 0.240. The second-order valence-electron chi connectivity index (χ2n) is 6.09. The summed E-state index contributed by atoms with van der Waals surface area (Å²) in [5.74, 6) is 1.84. The molecule has 25 heavy (non-hydrogen) atoms. The molecule has 0 saturated carbocycles. The van der Waals surface area contributed by atoms with Crippen molar-refractivity contribution in [3.8, 4) is 16.9 Å². The smallest absolute Gasteiger partial charge is 0.221 e. The minimum absolute atomic E-state index is 0.274. The highest BCUT2D eigenvalue weighted by Crippen LogP contribution is 2.28. The molecule has 1 aliphatic rings. The number of nitrogens with one attached hydrogen (secondary N) is 2. The Morgan fingerprint density at radius 1 is 1.32 bits per heavy atom. The van der Waals surface area contributed by atoms with E-state index in [0.717, 1.165) is 68.4 Å². The molecule has 1 saturated heterocycles. The number of benzene rings is 1. The number of nitrogens with two attached hydrogens (primary N) is 1. The number of ether oxygens (including phenoxy) is 1. The second-order valence-corrected chi connectivity index (χ2v) is 6.09. The van der Waals surface area contributed by atoms with E-state index in [1.807, 2.05) is 24.3 Å². The molecule has 1 aromatic heterocycles. The van der Waals surface area contributed by atoms with Crippen LogP contribution in [-0.4, -0.2) is 61.2 Å². The van der Waals surface area contributed by atoms with Gasteiger partial charge < -0.3 is 26.0 Å². The summed E-state index contributed by atoms with van der Waals surface area (Å²) in [6, 6.07) is 7.87. The minimum Gasteiger partial charge on any atom is -0.497 e. The fraction of sp³-hybridized carbons (Fsp3) is 0.444. The van der Waals surface area contributed by atoms with Crippen LogP contribution in [0.2, 0.25) is 0 Å². The number of anilines is 2. The van der Waals surface area contributed by atoms with Gasteiger partial charge in [-0.15, -0.1) is 0 Å². The number of nitrogen functional groups attached to an aromatic ring is 1. The molecule has 0 aliphatic carbocycles. The molecule has 7 heteroatoms. The van der Waals surface area contributed by atoms with Gasteiger partial charge in [0, 0.05) is 44.5 Å². The average molecular weight is 342 g/mol. The first-order valence-electron chi connectivity index (χ1n) is 8.70. The Balaban J connectivity index is 1.64. The van der Waals surface area contributed by atoms with Gasteiger partial charge in [0.15, 0.2) is 0 Å². The van der Waals surface area contributed by atoms with E-state index in [0.29, 0.717) is 0 Å². The van der Waals surface area contributed by atoms with Gasteiger partial charge in [0.05, 0.1) is 7.11 Å². The van der Waals surface area contributed by atoms with Gasteiger partial charge in [-0.3, -0.25) is 0 Å². The Kier molecular flexibility index (Phi) is 6.03. The summed E-state index contributed by atoms with van der Waals surface area (Å²) in [6.07, 6.45) is 2.82. The minimum atomic E-state index is 0.274. The zero-order valence-electron chi connectivity index (χ0n) is 14.7. The summed E-state index contributed by atoms with van der Waals surface area (Å²) < 4.78 is 5.31. The Morgan fingerprint density at radius 3 is 2.96 bits per heavy atom. The highest BCUT2D eigenvalue weighted by Gasteiger charge is 2.11. The normalized spacial score (nSPS) is 15.1. The fourth-order valence-corrected chi connectivity index (χ4v) is 2.98. The molecule has 0 radical (unpaired) electrons.